The van der Waals surface area contributed by atoms with Crippen LogP contribution in [0.5, 0.6) is 0 Å². The summed E-state index contributed by atoms with van der Waals surface area (Å²) in [6, 6.07) is -0.850. The van der Waals surface area contributed by atoms with Gasteiger partial charge in [0, 0.05) is 11.5 Å². The molecular formula is C14H13ClN4O5S3. The summed E-state index contributed by atoms with van der Waals surface area (Å²) in [6.45, 7) is 0. The minimum absolute atomic E-state index is 0.0527. The van der Waals surface area contributed by atoms with E-state index in [0.29, 0.717) is 21.4 Å². The number of rotatable bonds is 8. The Morgan fingerprint density at radius 3 is 2.85 bits per heavy atom. The molecule has 3 heterocycles. The molecule has 3 rings (SSSR count). The third-order valence-corrected chi connectivity index (χ3v) is 7.37. The number of hydrogen-bond donors (Lipinski definition) is 2. The highest BCUT2D eigenvalue weighted by Crippen LogP contribution is 2.41. The molecule has 2 aliphatic heterocycles. The number of halogens is 1. The minimum Gasteiger partial charge on any atom is -0.477 e. The molecule has 0 spiro atoms. The number of aromatic nitrogens is 2. The normalized spacial score (nSPS) is 21.5. The van der Waals surface area contributed by atoms with Gasteiger partial charge in [0.2, 0.25) is 5.91 Å². The standard InChI is InChI=1S/C14H13ClN4O5S3/c15-2-7(20)1-8(21)17-9-11(22)19-10(13(23)24)6(3-25-12(9)19)4-26-14-18-16-5-27-14/h5,9,12H,1-4H2,(H,17,21)(H,23,24)/t9?,12-/m0/s1. The second kappa shape index (κ2) is 8.59. The lowest BCUT2D eigenvalue weighted by Gasteiger charge is -2.49. The number of carboxylic acid groups (broad SMARTS) is 1. The maximum atomic E-state index is 12.4. The van der Waals surface area contributed by atoms with Gasteiger partial charge in [0.1, 0.15) is 22.6 Å². The van der Waals surface area contributed by atoms with Crippen molar-refractivity contribution in [1.29, 1.82) is 0 Å². The van der Waals surface area contributed by atoms with Gasteiger partial charge in [0.15, 0.2) is 10.1 Å². The fraction of sp³-hybridized carbons (Fsp3) is 0.429. The van der Waals surface area contributed by atoms with Crippen LogP contribution in [-0.4, -0.2) is 72.6 Å². The molecule has 2 aliphatic rings. The molecule has 144 valence electrons. The predicted molar refractivity (Wildman–Crippen MR) is 101 cm³/mol. The smallest absolute Gasteiger partial charge is 0.352 e. The van der Waals surface area contributed by atoms with Crippen molar-refractivity contribution < 1.29 is 24.3 Å². The number of carbonyl (C=O) groups is 4. The first kappa shape index (κ1) is 20.1. The minimum atomic E-state index is -1.19. The number of aliphatic carboxylic acids is 1. The van der Waals surface area contributed by atoms with Crippen LogP contribution in [-0.2, 0) is 19.2 Å². The lowest BCUT2D eigenvalue weighted by molar-refractivity contribution is -0.150. The third kappa shape index (κ3) is 4.28. The summed E-state index contributed by atoms with van der Waals surface area (Å²) in [5.74, 6) is -2.24. The van der Waals surface area contributed by atoms with Crippen molar-refractivity contribution in [3.63, 3.8) is 0 Å². The summed E-state index contributed by atoms with van der Waals surface area (Å²) in [4.78, 5) is 48.4. The zero-order valence-corrected chi connectivity index (χ0v) is 16.8. The Morgan fingerprint density at radius 2 is 2.22 bits per heavy atom. The quantitative estimate of drug-likeness (QED) is 0.253. The molecule has 2 amide bonds. The molecule has 1 aromatic rings. The number of carboxylic acids is 1. The number of nitrogens with zero attached hydrogens (tertiary/aromatic N) is 3. The Morgan fingerprint density at radius 1 is 1.44 bits per heavy atom. The second-order valence-corrected chi connectivity index (χ2v) is 8.98. The van der Waals surface area contributed by atoms with Crippen molar-refractivity contribution >= 4 is 70.0 Å². The van der Waals surface area contributed by atoms with E-state index in [-0.39, 0.29) is 11.6 Å². The summed E-state index contributed by atoms with van der Waals surface area (Å²) < 4.78 is 0.711. The van der Waals surface area contributed by atoms with E-state index in [4.69, 9.17) is 11.6 Å². The van der Waals surface area contributed by atoms with E-state index in [1.165, 1.54) is 39.8 Å². The molecule has 2 atom stereocenters. The van der Waals surface area contributed by atoms with Crippen molar-refractivity contribution in [3.8, 4) is 0 Å². The molecule has 0 radical (unpaired) electrons. The SMILES string of the molecule is O=C(CCl)CC(=O)NC1C(=O)N2C(C(=O)O)=C(CSc3nncs3)CS[C@@H]12. The van der Waals surface area contributed by atoms with Gasteiger partial charge in [-0.25, -0.2) is 4.79 Å². The van der Waals surface area contributed by atoms with Crippen molar-refractivity contribution in [3.05, 3.63) is 16.8 Å². The number of alkyl halides is 1. The molecule has 0 bridgehead atoms. The Bertz CT molecular complexity index is 816. The summed E-state index contributed by atoms with van der Waals surface area (Å²) in [5.41, 5.74) is 2.14. The molecule has 13 heteroatoms. The number of thioether (sulfide) groups is 2. The first-order chi connectivity index (χ1) is 12.9. The number of nitrogens with one attached hydrogen (secondary N) is 1. The fourth-order valence-corrected chi connectivity index (χ4v) is 5.69. The van der Waals surface area contributed by atoms with Crippen molar-refractivity contribution in [2.75, 3.05) is 17.4 Å². The lowest BCUT2D eigenvalue weighted by Crippen LogP contribution is -2.70. The third-order valence-electron chi connectivity index (χ3n) is 3.78. The number of hydrogen-bond acceptors (Lipinski definition) is 9. The molecule has 1 unspecified atom stereocenters. The average molecular weight is 449 g/mol. The molecule has 1 aromatic heterocycles. The van der Waals surface area contributed by atoms with E-state index in [0.717, 1.165) is 0 Å². The van der Waals surface area contributed by atoms with Crippen molar-refractivity contribution in [1.82, 2.24) is 20.4 Å². The van der Waals surface area contributed by atoms with Crippen molar-refractivity contribution in [2.45, 2.75) is 22.2 Å². The highest BCUT2D eigenvalue weighted by molar-refractivity contribution is 8.01. The van der Waals surface area contributed by atoms with Gasteiger partial charge in [-0.15, -0.1) is 33.6 Å². The lowest BCUT2D eigenvalue weighted by atomic mass is 10.0. The zero-order chi connectivity index (χ0) is 19.6. The van der Waals surface area contributed by atoms with Gasteiger partial charge in [-0.1, -0.05) is 23.1 Å². The number of fused-ring (bicyclic) bond motifs is 1. The predicted octanol–water partition coefficient (Wildman–Crippen LogP) is 0.567. The van der Waals surface area contributed by atoms with Crippen LogP contribution in [0, 0.1) is 0 Å². The van der Waals surface area contributed by atoms with Crippen LogP contribution >= 0.6 is 46.5 Å². The van der Waals surface area contributed by atoms with Crippen LogP contribution in [0.2, 0.25) is 0 Å². The van der Waals surface area contributed by atoms with E-state index >= 15 is 0 Å². The van der Waals surface area contributed by atoms with Gasteiger partial charge in [-0.3, -0.25) is 19.3 Å². The van der Waals surface area contributed by atoms with E-state index < -0.39 is 41.4 Å². The van der Waals surface area contributed by atoms with E-state index in [1.54, 1.807) is 5.51 Å². The monoisotopic (exact) mass is 448 g/mol. The molecule has 27 heavy (non-hydrogen) atoms. The van der Waals surface area contributed by atoms with Crippen LogP contribution in [0.15, 0.2) is 21.1 Å². The first-order valence-electron chi connectivity index (χ1n) is 7.58. The van der Waals surface area contributed by atoms with E-state index in [9.17, 15) is 24.3 Å². The molecular weight excluding hydrogens is 436 g/mol. The van der Waals surface area contributed by atoms with Crippen LogP contribution < -0.4 is 5.32 Å². The van der Waals surface area contributed by atoms with Gasteiger partial charge in [-0.05, 0) is 5.57 Å². The van der Waals surface area contributed by atoms with Crippen LogP contribution in [0.25, 0.3) is 0 Å². The number of carbonyl (C=O) groups excluding carboxylic acids is 3. The fourth-order valence-electron chi connectivity index (χ4n) is 2.62. The van der Waals surface area contributed by atoms with Gasteiger partial charge in [0.05, 0.1) is 12.3 Å². The Kier molecular flexibility index (Phi) is 6.40. The van der Waals surface area contributed by atoms with Crippen LogP contribution in [0.4, 0.5) is 0 Å². The van der Waals surface area contributed by atoms with E-state index in [2.05, 4.69) is 15.5 Å². The van der Waals surface area contributed by atoms with E-state index in [1.807, 2.05) is 0 Å². The van der Waals surface area contributed by atoms with Gasteiger partial charge < -0.3 is 10.4 Å². The summed E-state index contributed by atoms with van der Waals surface area (Å²) in [5, 5.41) is 19.2. The van der Waals surface area contributed by atoms with Gasteiger partial charge in [-0.2, -0.15) is 0 Å². The molecule has 0 saturated carbocycles. The van der Waals surface area contributed by atoms with Crippen LogP contribution in [0.1, 0.15) is 6.42 Å². The van der Waals surface area contributed by atoms with Gasteiger partial charge >= 0.3 is 5.97 Å². The highest BCUT2D eigenvalue weighted by atomic mass is 35.5. The molecule has 0 aromatic carbocycles. The maximum Gasteiger partial charge on any atom is 0.352 e. The first-order valence-corrected chi connectivity index (χ1v) is 11.0. The Labute approximate surface area is 170 Å². The summed E-state index contributed by atoms with van der Waals surface area (Å²) >= 11 is 9.44. The number of β-lactam (4-membered cyclic amide) rings is 1. The highest BCUT2D eigenvalue weighted by Gasteiger charge is 2.54. The molecule has 9 nitrogen and oxygen atoms in total. The largest absolute Gasteiger partial charge is 0.477 e. The van der Waals surface area contributed by atoms with Crippen molar-refractivity contribution in [2.24, 2.45) is 0 Å². The molecule has 1 saturated heterocycles. The number of Topliss-reactive ketones (excluding diaryl/α,β-unsaturated/α-hetero) is 1. The molecule has 0 aliphatic carbocycles. The van der Waals surface area contributed by atoms with Gasteiger partial charge in [0.25, 0.3) is 5.91 Å². The molecule has 1 fully saturated rings. The summed E-state index contributed by atoms with van der Waals surface area (Å²) in [7, 11) is 0. The number of ketones is 1. The topological polar surface area (TPSA) is 130 Å². The second-order valence-electron chi connectivity index (χ2n) is 5.55. The number of amides is 2. The average Bonchev–Trinajstić information content (AvgIpc) is 3.16. The Hall–Kier alpha value is -1.63. The Balaban J connectivity index is 1.69. The maximum absolute atomic E-state index is 12.4. The molecule has 2 N–H and O–H groups in total. The summed E-state index contributed by atoms with van der Waals surface area (Å²) in [6.07, 6.45) is -0.407. The zero-order valence-electron chi connectivity index (χ0n) is 13.6. The van der Waals surface area contributed by atoms with Crippen LogP contribution in [0.3, 0.4) is 0 Å².